The smallest absolute Gasteiger partial charge is 0.325 e. The summed E-state index contributed by atoms with van der Waals surface area (Å²) in [6.07, 6.45) is 4.96. The first-order chi connectivity index (χ1) is 14.8. The first kappa shape index (κ1) is 21.0. The monoisotopic (exact) mass is 444 g/mol. The van der Waals surface area contributed by atoms with Gasteiger partial charge < -0.3 is 14.4 Å². The summed E-state index contributed by atoms with van der Waals surface area (Å²) in [6, 6.07) is 9.76. The molecule has 160 valence electrons. The molecule has 4 rings (SSSR count). The highest BCUT2D eigenvalue weighted by molar-refractivity contribution is 7.46. The topological polar surface area (TPSA) is 128 Å². The molecule has 0 saturated heterocycles. The van der Waals surface area contributed by atoms with Crippen LogP contribution in [0.4, 0.5) is 4.39 Å². The normalized spacial score (nSPS) is 11.7. The van der Waals surface area contributed by atoms with E-state index in [1.54, 1.807) is 30.7 Å². The lowest BCUT2D eigenvalue weighted by Gasteiger charge is -2.07. The fourth-order valence-electron chi connectivity index (χ4n) is 3.14. The van der Waals surface area contributed by atoms with Crippen LogP contribution in [0.15, 0.2) is 55.0 Å². The van der Waals surface area contributed by atoms with E-state index in [9.17, 15) is 8.96 Å². The number of aromatic nitrogens is 6. The van der Waals surface area contributed by atoms with E-state index in [2.05, 4.69) is 19.8 Å². The molecule has 0 saturated carbocycles. The van der Waals surface area contributed by atoms with Crippen molar-refractivity contribution in [2.75, 3.05) is 6.61 Å². The Bertz CT molecular complexity index is 1240. The van der Waals surface area contributed by atoms with Gasteiger partial charge in [0.15, 0.2) is 5.82 Å². The van der Waals surface area contributed by atoms with Crippen LogP contribution < -0.4 is 0 Å². The number of nitrogens with zero attached hydrogens (tertiary/aromatic N) is 6. The minimum Gasteiger partial charge on any atom is -0.325 e. The third-order valence-corrected chi connectivity index (χ3v) is 5.03. The maximum Gasteiger partial charge on any atom is 0.469 e. The molecule has 0 radical (unpaired) electrons. The van der Waals surface area contributed by atoms with Crippen LogP contribution in [0.3, 0.4) is 0 Å². The van der Waals surface area contributed by atoms with Crippen molar-refractivity contribution in [1.82, 2.24) is 29.5 Å². The zero-order valence-electron chi connectivity index (χ0n) is 16.3. The van der Waals surface area contributed by atoms with Gasteiger partial charge >= 0.3 is 7.82 Å². The SMILES string of the molecule is Cn1c(-c2cn(CCOP(=O)(O)O)nn2)nc(-c2ccc(F)cc2)c1-c1ccncc1. The lowest BCUT2D eigenvalue weighted by atomic mass is 10.1. The molecule has 0 amide bonds. The number of imidazole rings is 1. The number of rotatable bonds is 7. The van der Waals surface area contributed by atoms with Gasteiger partial charge in [0.2, 0.25) is 0 Å². The van der Waals surface area contributed by atoms with Crippen molar-refractivity contribution in [3.8, 4) is 34.0 Å². The van der Waals surface area contributed by atoms with Gasteiger partial charge in [-0.1, -0.05) is 5.21 Å². The van der Waals surface area contributed by atoms with Gasteiger partial charge in [-0.05, 0) is 36.4 Å². The number of pyridine rings is 1. The van der Waals surface area contributed by atoms with Crippen LogP contribution in [0.5, 0.6) is 0 Å². The Morgan fingerprint density at radius 3 is 2.48 bits per heavy atom. The Morgan fingerprint density at radius 1 is 1.10 bits per heavy atom. The molecule has 4 aromatic rings. The Labute approximate surface area is 176 Å². The zero-order valence-corrected chi connectivity index (χ0v) is 17.2. The molecule has 0 spiro atoms. The molecule has 12 heteroatoms. The summed E-state index contributed by atoms with van der Waals surface area (Å²) in [7, 11) is -2.71. The lowest BCUT2D eigenvalue weighted by Crippen LogP contribution is -2.05. The molecule has 2 N–H and O–H groups in total. The van der Waals surface area contributed by atoms with E-state index in [1.165, 1.54) is 16.8 Å². The van der Waals surface area contributed by atoms with Crippen molar-refractivity contribution in [2.45, 2.75) is 6.54 Å². The predicted molar refractivity (Wildman–Crippen MR) is 109 cm³/mol. The minimum atomic E-state index is -4.55. The zero-order chi connectivity index (χ0) is 22.0. The lowest BCUT2D eigenvalue weighted by molar-refractivity contribution is 0.187. The Morgan fingerprint density at radius 2 is 1.81 bits per heavy atom. The van der Waals surface area contributed by atoms with Crippen LogP contribution in [0.1, 0.15) is 0 Å². The van der Waals surface area contributed by atoms with E-state index >= 15 is 0 Å². The summed E-state index contributed by atoms with van der Waals surface area (Å²) >= 11 is 0. The number of halogens is 1. The predicted octanol–water partition coefficient (Wildman–Crippen LogP) is 2.66. The van der Waals surface area contributed by atoms with Crippen LogP contribution in [0, 0.1) is 5.82 Å². The molecule has 0 aliphatic carbocycles. The van der Waals surface area contributed by atoms with Gasteiger partial charge in [-0.25, -0.2) is 18.6 Å². The largest absolute Gasteiger partial charge is 0.469 e. The van der Waals surface area contributed by atoms with E-state index in [0.717, 1.165) is 16.8 Å². The molecule has 0 bridgehead atoms. The van der Waals surface area contributed by atoms with Crippen LogP contribution in [0.2, 0.25) is 0 Å². The van der Waals surface area contributed by atoms with Crippen molar-refractivity contribution >= 4 is 7.82 Å². The van der Waals surface area contributed by atoms with E-state index in [1.807, 2.05) is 23.7 Å². The molecule has 3 aromatic heterocycles. The molecular formula is C19H18FN6O4P. The van der Waals surface area contributed by atoms with Crippen LogP contribution in [-0.4, -0.2) is 45.9 Å². The second kappa shape index (κ2) is 8.48. The van der Waals surface area contributed by atoms with E-state index in [4.69, 9.17) is 14.8 Å². The quantitative estimate of drug-likeness (QED) is 0.417. The van der Waals surface area contributed by atoms with Crippen molar-refractivity contribution < 1.29 is 23.3 Å². The van der Waals surface area contributed by atoms with E-state index in [0.29, 0.717) is 17.2 Å². The summed E-state index contributed by atoms with van der Waals surface area (Å²) < 4.78 is 32.0. The summed E-state index contributed by atoms with van der Waals surface area (Å²) in [5, 5.41) is 8.10. The van der Waals surface area contributed by atoms with Gasteiger partial charge in [0.25, 0.3) is 0 Å². The van der Waals surface area contributed by atoms with E-state index in [-0.39, 0.29) is 19.0 Å². The fourth-order valence-corrected chi connectivity index (χ4v) is 3.46. The van der Waals surface area contributed by atoms with Crippen LogP contribution in [-0.2, 0) is 22.7 Å². The molecule has 0 unspecified atom stereocenters. The highest BCUT2D eigenvalue weighted by Gasteiger charge is 2.21. The Kier molecular flexibility index (Phi) is 5.75. The number of phosphoric acid groups is 1. The molecule has 31 heavy (non-hydrogen) atoms. The summed E-state index contributed by atoms with van der Waals surface area (Å²) in [6.45, 7) is -0.124. The molecule has 1 aromatic carbocycles. The average molecular weight is 444 g/mol. The van der Waals surface area contributed by atoms with Gasteiger partial charge in [0, 0.05) is 30.6 Å². The maximum absolute atomic E-state index is 13.4. The highest BCUT2D eigenvalue weighted by atomic mass is 31.2. The third kappa shape index (κ3) is 4.75. The molecule has 0 aliphatic rings. The van der Waals surface area contributed by atoms with Crippen molar-refractivity contribution in [3.05, 3.63) is 60.8 Å². The molecule has 0 aliphatic heterocycles. The molecule has 3 heterocycles. The highest BCUT2D eigenvalue weighted by Crippen LogP contribution is 2.36. The second-order valence-corrected chi connectivity index (χ2v) is 7.86. The van der Waals surface area contributed by atoms with Crippen LogP contribution >= 0.6 is 7.82 Å². The minimum absolute atomic E-state index is 0.102. The molecule has 10 nitrogen and oxygen atoms in total. The molecule has 0 fully saturated rings. The number of benzene rings is 1. The van der Waals surface area contributed by atoms with Gasteiger partial charge in [0.1, 0.15) is 11.5 Å². The second-order valence-electron chi connectivity index (χ2n) is 6.63. The maximum atomic E-state index is 13.4. The standard InChI is InChI=1S/C19H18FN6O4P/c1-25-18(14-6-8-21-9-7-14)17(13-2-4-15(20)5-3-13)22-19(25)16-12-26(24-23-16)10-11-30-31(27,28)29/h2-9,12H,10-11H2,1H3,(H2,27,28,29). The van der Waals surface area contributed by atoms with E-state index < -0.39 is 7.82 Å². The summed E-state index contributed by atoms with van der Waals surface area (Å²) in [5.74, 6) is 0.180. The van der Waals surface area contributed by atoms with Crippen molar-refractivity contribution in [3.63, 3.8) is 0 Å². The van der Waals surface area contributed by atoms with Crippen molar-refractivity contribution in [1.29, 1.82) is 0 Å². The Balaban J connectivity index is 1.73. The van der Waals surface area contributed by atoms with Gasteiger partial charge in [-0.15, -0.1) is 5.10 Å². The number of phosphoric ester groups is 1. The van der Waals surface area contributed by atoms with Gasteiger partial charge in [-0.3, -0.25) is 9.51 Å². The van der Waals surface area contributed by atoms with Crippen LogP contribution in [0.25, 0.3) is 34.0 Å². The average Bonchev–Trinajstić information content (AvgIpc) is 3.32. The molecule has 0 atom stereocenters. The number of hydrogen-bond donors (Lipinski definition) is 2. The Hall–Kier alpha value is -3.24. The molecular weight excluding hydrogens is 426 g/mol. The third-order valence-electron chi connectivity index (χ3n) is 4.51. The van der Waals surface area contributed by atoms with Crippen molar-refractivity contribution in [2.24, 2.45) is 7.05 Å². The first-order valence-corrected chi connectivity index (χ1v) is 10.7. The summed E-state index contributed by atoms with van der Waals surface area (Å²) in [5.41, 5.74) is 3.50. The fraction of sp³-hybridized carbons (Fsp3) is 0.158. The number of hydrogen-bond acceptors (Lipinski definition) is 6. The van der Waals surface area contributed by atoms with Gasteiger partial charge in [-0.2, -0.15) is 0 Å². The first-order valence-electron chi connectivity index (χ1n) is 9.15. The van der Waals surface area contributed by atoms with Gasteiger partial charge in [0.05, 0.1) is 30.7 Å². The summed E-state index contributed by atoms with van der Waals surface area (Å²) in [4.78, 5) is 26.4.